The van der Waals surface area contributed by atoms with Crippen LogP contribution in [0.3, 0.4) is 0 Å². The fourth-order valence-electron chi connectivity index (χ4n) is 1.19. The van der Waals surface area contributed by atoms with Crippen molar-refractivity contribution in [2.45, 2.75) is 6.92 Å². The third kappa shape index (κ3) is 1.96. The van der Waals surface area contributed by atoms with Crippen LogP contribution in [0.25, 0.3) is 5.70 Å². The highest BCUT2D eigenvalue weighted by Crippen LogP contribution is 2.25. The van der Waals surface area contributed by atoms with Crippen molar-refractivity contribution in [3.05, 3.63) is 35.9 Å². The minimum atomic E-state index is 0.822. The van der Waals surface area contributed by atoms with E-state index in [0.717, 1.165) is 17.0 Å². The molecule has 0 aliphatic carbocycles. The van der Waals surface area contributed by atoms with E-state index in [2.05, 4.69) is 11.7 Å². The van der Waals surface area contributed by atoms with Gasteiger partial charge in [0.15, 0.2) is 0 Å². The molecule has 1 aromatic carbocycles. The number of nitrogens with zero attached hydrogens (tertiary/aromatic N) is 1. The van der Waals surface area contributed by atoms with Crippen molar-refractivity contribution in [2.75, 3.05) is 7.11 Å². The molecule has 0 aliphatic heterocycles. The van der Waals surface area contributed by atoms with Crippen molar-refractivity contribution >= 4 is 12.4 Å². The van der Waals surface area contributed by atoms with E-state index < -0.39 is 0 Å². The molecule has 1 aromatic rings. The Kier molecular flexibility index (Phi) is 3.26. The number of para-hydroxylation sites is 1. The third-order valence-electron chi connectivity index (χ3n) is 1.83. The molecular weight excluding hydrogens is 162 g/mol. The summed E-state index contributed by atoms with van der Waals surface area (Å²) in [6, 6.07) is 7.75. The zero-order valence-corrected chi connectivity index (χ0v) is 7.95. The topological polar surface area (TPSA) is 21.6 Å². The quantitative estimate of drug-likeness (QED) is 0.647. The second kappa shape index (κ2) is 4.45. The second-order valence-electron chi connectivity index (χ2n) is 2.53. The summed E-state index contributed by atoms with van der Waals surface area (Å²) in [4.78, 5) is 3.92. The number of allylic oxidation sites excluding steroid dienone is 1. The van der Waals surface area contributed by atoms with Crippen LogP contribution in [-0.2, 0) is 0 Å². The van der Waals surface area contributed by atoms with Gasteiger partial charge in [-0.1, -0.05) is 18.2 Å². The number of rotatable bonds is 3. The molecule has 0 saturated heterocycles. The van der Waals surface area contributed by atoms with Crippen molar-refractivity contribution in [1.29, 1.82) is 0 Å². The predicted octanol–water partition coefficient (Wildman–Crippen LogP) is 2.76. The standard InChI is InChI=1S/C11H13NO/c1-4-10(12-2)9-7-5-6-8-11(9)13-3/h4-8H,2H2,1,3H3. The number of hydrogen-bond acceptors (Lipinski definition) is 2. The number of benzene rings is 1. The summed E-state index contributed by atoms with van der Waals surface area (Å²) in [7, 11) is 1.65. The first-order chi connectivity index (χ1) is 6.33. The Morgan fingerprint density at radius 3 is 2.69 bits per heavy atom. The molecule has 0 spiro atoms. The van der Waals surface area contributed by atoms with Crippen LogP contribution in [0, 0.1) is 0 Å². The summed E-state index contributed by atoms with van der Waals surface area (Å²) in [5, 5.41) is 0. The van der Waals surface area contributed by atoms with Crippen molar-refractivity contribution in [2.24, 2.45) is 4.99 Å². The van der Waals surface area contributed by atoms with Gasteiger partial charge in [0.1, 0.15) is 5.75 Å². The van der Waals surface area contributed by atoms with Gasteiger partial charge in [0, 0.05) is 5.56 Å². The van der Waals surface area contributed by atoms with Gasteiger partial charge >= 0.3 is 0 Å². The van der Waals surface area contributed by atoms with Gasteiger partial charge in [0.05, 0.1) is 12.8 Å². The Morgan fingerprint density at radius 1 is 1.46 bits per heavy atom. The van der Waals surface area contributed by atoms with E-state index in [1.165, 1.54) is 0 Å². The Hall–Kier alpha value is -1.57. The lowest BCUT2D eigenvalue weighted by Gasteiger charge is -2.07. The predicted molar refractivity (Wildman–Crippen MR) is 56.2 cm³/mol. The molecule has 68 valence electrons. The molecule has 0 unspecified atom stereocenters. The third-order valence-corrected chi connectivity index (χ3v) is 1.83. The van der Waals surface area contributed by atoms with Gasteiger partial charge in [0.25, 0.3) is 0 Å². The minimum Gasteiger partial charge on any atom is -0.496 e. The van der Waals surface area contributed by atoms with Crippen LogP contribution < -0.4 is 4.74 Å². The SMILES string of the molecule is C=NC(=CC)c1ccccc1OC. The van der Waals surface area contributed by atoms with Gasteiger partial charge in [0.2, 0.25) is 0 Å². The van der Waals surface area contributed by atoms with Crippen LogP contribution in [0.5, 0.6) is 5.75 Å². The summed E-state index contributed by atoms with van der Waals surface area (Å²) >= 11 is 0. The van der Waals surface area contributed by atoms with Crippen LogP contribution in [0.2, 0.25) is 0 Å². The average molecular weight is 175 g/mol. The van der Waals surface area contributed by atoms with E-state index in [4.69, 9.17) is 4.74 Å². The largest absolute Gasteiger partial charge is 0.496 e. The number of aliphatic imine (C=N–C) groups is 1. The first-order valence-electron chi connectivity index (χ1n) is 4.10. The van der Waals surface area contributed by atoms with Gasteiger partial charge in [-0.2, -0.15) is 0 Å². The summed E-state index contributed by atoms with van der Waals surface area (Å²) in [5.74, 6) is 0.822. The first kappa shape index (κ1) is 9.52. The molecule has 0 bridgehead atoms. The Balaban J connectivity index is 3.19. The Labute approximate surface area is 78.6 Å². The lowest BCUT2D eigenvalue weighted by Crippen LogP contribution is -1.89. The van der Waals surface area contributed by atoms with E-state index in [9.17, 15) is 0 Å². The molecule has 13 heavy (non-hydrogen) atoms. The van der Waals surface area contributed by atoms with Gasteiger partial charge in [-0.05, 0) is 25.8 Å². The molecule has 0 aromatic heterocycles. The number of ether oxygens (including phenoxy) is 1. The van der Waals surface area contributed by atoms with E-state index in [1.807, 2.05) is 37.3 Å². The maximum absolute atomic E-state index is 5.20. The molecule has 0 atom stereocenters. The monoisotopic (exact) mass is 175 g/mol. The maximum Gasteiger partial charge on any atom is 0.128 e. The van der Waals surface area contributed by atoms with Crippen molar-refractivity contribution in [1.82, 2.24) is 0 Å². The fourth-order valence-corrected chi connectivity index (χ4v) is 1.19. The summed E-state index contributed by atoms with van der Waals surface area (Å²) < 4.78 is 5.20. The maximum atomic E-state index is 5.20. The summed E-state index contributed by atoms with van der Waals surface area (Å²) in [6.45, 7) is 5.44. The van der Waals surface area contributed by atoms with Crippen LogP contribution in [0.4, 0.5) is 0 Å². The van der Waals surface area contributed by atoms with Gasteiger partial charge < -0.3 is 4.74 Å². The summed E-state index contributed by atoms with van der Waals surface area (Å²) in [5.41, 5.74) is 1.82. The molecule has 0 fully saturated rings. The highest BCUT2D eigenvalue weighted by Gasteiger charge is 2.03. The van der Waals surface area contributed by atoms with Gasteiger partial charge in [-0.15, -0.1) is 0 Å². The molecule has 0 N–H and O–H groups in total. The number of hydrogen-bond donors (Lipinski definition) is 0. The van der Waals surface area contributed by atoms with E-state index in [1.54, 1.807) is 7.11 Å². The zero-order chi connectivity index (χ0) is 9.68. The summed E-state index contributed by atoms with van der Waals surface area (Å²) in [6.07, 6.45) is 1.91. The average Bonchev–Trinajstić information content (AvgIpc) is 2.20. The minimum absolute atomic E-state index is 0.822. The van der Waals surface area contributed by atoms with E-state index >= 15 is 0 Å². The van der Waals surface area contributed by atoms with Crippen LogP contribution in [0.1, 0.15) is 12.5 Å². The smallest absolute Gasteiger partial charge is 0.128 e. The van der Waals surface area contributed by atoms with Crippen LogP contribution in [0.15, 0.2) is 35.3 Å². The van der Waals surface area contributed by atoms with E-state index in [0.29, 0.717) is 0 Å². The molecular formula is C11H13NO. The van der Waals surface area contributed by atoms with Crippen LogP contribution in [-0.4, -0.2) is 13.8 Å². The molecule has 2 nitrogen and oxygen atoms in total. The first-order valence-corrected chi connectivity index (χ1v) is 4.10. The van der Waals surface area contributed by atoms with E-state index in [-0.39, 0.29) is 0 Å². The van der Waals surface area contributed by atoms with Crippen molar-refractivity contribution in [3.8, 4) is 5.75 Å². The molecule has 0 amide bonds. The lowest BCUT2D eigenvalue weighted by atomic mass is 10.1. The highest BCUT2D eigenvalue weighted by molar-refractivity contribution is 5.71. The lowest BCUT2D eigenvalue weighted by molar-refractivity contribution is 0.413. The Morgan fingerprint density at radius 2 is 2.15 bits per heavy atom. The molecule has 0 aliphatic rings. The van der Waals surface area contributed by atoms with Gasteiger partial charge in [-0.3, -0.25) is 4.99 Å². The van der Waals surface area contributed by atoms with Crippen molar-refractivity contribution in [3.63, 3.8) is 0 Å². The zero-order valence-electron chi connectivity index (χ0n) is 7.95. The Bertz CT molecular complexity index is 329. The normalized spacial score (nSPS) is 11.1. The number of methoxy groups -OCH3 is 1. The molecule has 0 radical (unpaired) electrons. The molecule has 2 heteroatoms. The van der Waals surface area contributed by atoms with Crippen LogP contribution >= 0.6 is 0 Å². The highest BCUT2D eigenvalue weighted by atomic mass is 16.5. The van der Waals surface area contributed by atoms with Gasteiger partial charge in [-0.25, -0.2) is 0 Å². The molecule has 0 saturated carbocycles. The second-order valence-corrected chi connectivity index (χ2v) is 2.53. The molecule has 0 heterocycles. The fraction of sp³-hybridized carbons (Fsp3) is 0.182. The van der Waals surface area contributed by atoms with Crippen molar-refractivity contribution < 1.29 is 4.74 Å². The molecule has 1 rings (SSSR count).